The third kappa shape index (κ3) is 3.99. The molecule has 36 heavy (non-hydrogen) atoms. The Labute approximate surface area is 206 Å². The summed E-state index contributed by atoms with van der Waals surface area (Å²) in [7, 11) is 0. The number of imidazole rings is 1. The lowest BCUT2D eigenvalue weighted by Gasteiger charge is -2.34. The highest BCUT2D eigenvalue weighted by Crippen LogP contribution is 2.28. The van der Waals surface area contributed by atoms with Crippen LogP contribution in [0.5, 0.6) is 0 Å². The zero-order chi connectivity index (χ0) is 25.4. The number of amides is 1. The summed E-state index contributed by atoms with van der Waals surface area (Å²) in [5.74, 6) is 0.771. The van der Waals surface area contributed by atoms with E-state index in [4.69, 9.17) is 10.3 Å². The van der Waals surface area contributed by atoms with Gasteiger partial charge in [0.1, 0.15) is 11.8 Å². The van der Waals surface area contributed by atoms with E-state index in [9.17, 15) is 9.59 Å². The van der Waals surface area contributed by atoms with Gasteiger partial charge in [-0.2, -0.15) is 4.98 Å². The number of likely N-dealkylation sites (tertiary alicyclic amines) is 1. The largest absolute Gasteiger partial charge is 0.382 e. The standard InChI is InChI=1S/C25H26N8O3/c1-4-6-15(2)24(34)31-12-5-7-19(13-31)33-23-20(21(26)27-14-28-23)32(25(33)35)18-10-8-17(9-11-18)22-29-16(3)36-30-22/h6,8-11,14-15,19H,1,5,7,12-13H2,2-3H3,(H2,26,27,28). The van der Waals surface area contributed by atoms with Gasteiger partial charge in [-0.25, -0.2) is 14.8 Å². The molecule has 0 radical (unpaired) electrons. The number of rotatable bonds is 5. The number of carbonyl (C=O) groups excluding carboxylic acids is 1. The fourth-order valence-electron chi connectivity index (χ4n) is 4.71. The van der Waals surface area contributed by atoms with E-state index < -0.39 is 0 Å². The highest BCUT2D eigenvalue weighted by Gasteiger charge is 2.31. The Morgan fingerprint density at radius 3 is 2.78 bits per heavy atom. The van der Waals surface area contributed by atoms with E-state index in [-0.39, 0.29) is 29.4 Å². The quantitative estimate of drug-likeness (QED) is 0.425. The van der Waals surface area contributed by atoms with Crippen molar-refractivity contribution in [2.45, 2.75) is 32.7 Å². The summed E-state index contributed by atoms with van der Waals surface area (Å²) in [6, 6.07) is 6.95. The first kappa shape index (κ1) is 23.3. The molecule has 0 spiro atoms. The molecule has 184 valence electrons. The monoisotopic (exact) mass is 486 g/mol. The van der Waals surface area contributed by atoms with Gasteiger partial charge in [0.25, 0.3) is 0 Å². The van der Waals surface area contributed by atoms with Gasteiger partial charge in [0.05, 0.1) is 17.6 Å². The number of benzene rings is 1. The average Bonchev–Trinajstić information content (AvgIpc) is 3.45. The Kier molecular flexibility index (Phi) is 5.99. The van der Waals surface area contributed by atoms with Crippen LogP contribution in [-0.4, -0.2) is 53.1 Å². The first-order chi connectivity index (χ1) is 17.4. The first-order valence-corrected chi connectivity index (χ1v) is 11.7. The van der Waals surface area contributed by atoms with Gasteiger partial charge < -0.3 is 15.2 Å². The predicted molar refractivity (Wildman–Crippen MR) is 133 cm³/mol. The molecule has 2 N–H and O–H groups in total. The number of carbonyl (C=O) groups is 1. The lowest BCUT2D eigenvalue weighted by molar-refractivity contribution is -0.135. The second kappa shape index (κ2) is 9.27. The van der Waals surface area contributed by atoms with E-state index in [0.29, 0.717) is 41.7 Å². The Morgan fingerprint density at radius 1 is 1.31 bits per heavy atom. The molecule has 0 aliphatic carbocycles. The molecular weight excluding hydrogens is 460 g/mol. The SMILES string of the molecule is C=C=CC(C)C(=O)N1CCCC(n2c(=O)n(-c3ccc(-c4noc(C)n4)cc3)c3c(N)ncnc32)C1. The molecule has 0 bridgehead atoms. The van der Waals surface area contributed by atoms with Crippen LogP contribution in [0, 0.1) is 12.8 Å². The molecule has 4 heterocycles. The molecule has 2 atom stereocenters. The van der Waals surface area contributed by atoms with Crippen molar-refractivity contribution in [2.24, 2.45) is 5.92 Å². The highest BCUT2D eigenvalue weighted by molar-refractivity contribution is 5.84. The number of anilines is 1. The van der Waals surface area contributed by atoms with Crippen molar-refractivity contribution in [1.29, 1.82) is 0 Å². The smallest absolute Gasteiger partial charge is 0.335 e. The maximum Gasteiger partial charge on any atom is 0.335 e. The van der Waals surface area contributed by atoms with Crippen molar-refractivity contribution in [3.63, 3.8) is 0 Å². The number of aryl methyl sites for hydroxylation is 1. The molecule has 1 saturated heterocycles. The summed E-state index contributed by atoms with van der Waals surface area (Å²) in [5, 5.41) is 3.94. The molecule has 11 nitrogen and oxygen atoms in total. The molecule has 4 aromatic rings. The summed E-state index contributed by atoms with van der Waals surface area (Å²) in [6.07, 6.45) is 4.49. The summed E-state index contributed by atoms with van der Waals surface area (Å²) < 4.78 is 8.21. The number of hydrogen-bond donors (Lipinski definition) is 1. The molecule has 1 amide bonds. The normalized spacial score (nSPS) is 16.6. The second-order valence-corrected chi connectivity index (χ2v) is 8.84. The fraction of sp³-hybridized carbons (Fsp3) is 0.320. The van der Waals surface area contributed by atoms with E-state index in [1.807, 2.05) is 19.1 Å². The van der Waals surface area contributed by atoms with Gasteiger partial charge in [0.2, 0.25) is 17.6 Å². The van der Waals surface area contributed by atoms with Crippen LogP contribution < -0.4 is 11.4 Å². The van der Waals surface area contributed by atoms with Gasteiger partial charge >= 0.3 is 5.69 Å². The first-order valence-electron chi connectivity index (χ1n) is 11.7. The van der Waals surface area contributed by atoms with Crippen LogP contribution in [0.4, 0.5) is 5.82 Å². The van der Waals surface area contributed by atoms with Crippen LogP contribution in [0.2, 0.25) is 0 Å². The Hall–Kier alpha value is -4.50. The molecule has 1 aliphatic heterocycles. The minimum Gasteiger partial charge on any atom is -0.382 e. The molecule has 2 unspecified atom stereocenters. The van der Waals surface area contributed by atoms with Crippen LogP contribution in [0.15, 0.2) is 58.3 Å². The minimum atomic E-state index is -0.334. The molecule has 5 rings (SSSR count). The van der Waals surface area contributed by atoms with Gasteiger partial charge in [-0.15, -0.1) is 5.73 Å². The van der Waals surface area contributed by atoms with Crippen molar-refractivity contribution in [1.82, 2.24) is 34.1 Å². The van der Waals surface area contributed by atoms with E-state index >= 15 is 0 Å². The van der Waals surface area contributed by atoms with Crippen LogP contribution in [-0.2, 0) is 4.79 Å². The third-order valence-corrected chi connectivity index (χ3v) is 6.42. The maximum atomic E-state index is 13.8. The molecule has 3 aromatic heterocycles. The van der Waals surface area contributed by atoms with E-state index in [2.05, 4.69) is 32.4 Å². The lowest BCUT2D eigenvalue weighted by Crippen LogP contribution is -2.44. The van der Waals surface area contributed by atoms with Crippen LogP contribution in [0.1, 0.15) is 31.7 Å². The summed E-state index contributed by atoms with van der Waals surface area (Å²) in [5.41, 5.74) is 10.8. The maximum absolute atomic E-state index is 13.8. The van der Waals surface area contributed by atoms with Crippen molar-refractivity contribution < 1.29 is 9.32 Å². The van der Waals surface area contributed by atoms with Crippen molar-refractivity contribution >= 4 is 22.9 Å². The van der Waals surface area contributed by atoms with Gasteiger partial charge in [0.15, 0.2) is 11.5 Å². The number of fused-ring (bicyclic) bond motifs is 1. The highest BCUT2D eigenvalue weighted by atomic mass is 16.5. The van der Waals surface area contributed by atoms with Crippen molar-refractivity contribution in [3.8, 4) is 17.1 Å². The summed E-state index contributed by atoms with van der Waals surface area (Å²) >= 11 is 0. The van der Waals surface area contributed by atoms with E-state index in [0.717, 1.165) is 18.4 Å². The molecule has 1 fully saturated rings. The van der Waals surface area contributed by atoms with Crippen LogP contribution in [0.25, 0.3) is 28.2 Å². The zero-order valence-electron chi connectivity index (χ0n) is 20.1. The summed E-state index contributed by atoms with van der Waals surface area (Å²) in [4.78, 5) is 41.3. The van der Waals surface area contributed by atoms with Crippen molar-refractivity contribution in [2.75, 3.05) is 18.8 Å². The van der Waals surface area contributed by atoms with E-state index in [1.165, 1.54) is 10.9 Å². The van der Waals surface area contributed by atoms with E-state index in [1.54, 1.807) is 34.6 Å². The van der Waals surface area contributed by atoms with Gasteiger partial charge in [-0.3, -0.25) is 13.9 Å². The number of nitrogens with zero attached hydrogens (tertiary/aromatic N) is 7. The molecule has 1 aliphatic rings. The molecule has 0 saturated carbocycles. The number of piperidine rings is 1. The van der Waals surface area contributed by atoms with Gasteiger partial charge in [-0.1, -0.05) is 11.7 Å². The van der Waals surface area contributed by atoms with Crippen LogP contribution >= 0.6 is 0 Å². The Bertz CT molecular complexity index is 1540. The minimum absolute atomic E-state index is 0.0194. The van der Waals surface area contributed by atoms with Gasteiger partial charge in [-0.05, 0) is 50.1 Å². The van der Waals surface area contributed by atoms with Gasteiger partial charge in [0, 0.05) is 25.6 Å². The predicted octanol–water partition coefficient (Wildman–Crippen LogP) is 2.66. The average molecular weight is 487 g/mol. The number of hydrogen-bond acceptors (Lipinski definition) is 8. The van der Waals surface area contributed by atoms with Crippen molar-refractivity contribution in [3.05, 3.63) is 65.4 Å². The Balaban J connectivity index is 1.57. The number of nitrogen functional groups attached to an aromatic ring is 1. The summed E-state index contributed by atoms with van der Waals surface area (Å²) in [6.45, 7) is 8.13. The zero-order valence-corrected chi connectivity index (χ0v) is 20.1. The molecule has 11 heteroatoms. The lowest BCUT2D eigenvalue weighted by atomic mass is 10.0. The van der Waals surface area contributed by atoms with Crippen LogP contribution in [0.3, 0.4) is 0 Å². The Morgan fingerprint density at radius 2 is 2.08 bits per heavy atom. The molecular formula is C25H26N8O3. The third-order valence-electron chi connectivity index (χ3n) is 6.42. The number of nitrogens with two attached hydrogens (primary N) is 1. The number of aromatic nitrogens is 6. The molecule has 1 aromatic carbocycles. The second-order valence-electron chi connectivity index (χ2n) is 8.84. The fourth-order valence-corrected chi connectivity index (χ4v) is 4.71. The topological polar surface area (TPSA) is 138 Å².